The first-order chi connectivity index (χ1) is 17.0. The van der Waals surface area contributed by atoms with Crippen LogP contribution >= 0.6 is 0 Å². The molecule has 1 aliphatic heterocycles. The van der Waals surface area contributed by atoms with Crippen molar-refractivity contribution in [3.63, 3.8) is 0 Å². The lowest BCUT2D eigenvalue weighted by atomic mass is 9.92. The van der Waals surface area contributed by atoms with Gasteiger partial charge < -0.3 is 15.2 Å². The van der Waals surface area contributed by atoms with E-state index in [-0.39, 0.29) is 29.6 Å². The van der Waals surface area contributed by atoms with Crippen molar-refractivity contribution in [2.24, 2.45) is 0 Å². The molecule has 0 radical (unpaired) electrons. The zero-order valence-electron chi connectivity index (χ0n) is 21.1. The van der Waals surface area contributed by atoms with Crippen molar-refractivity contribution >= 4 is 41.1 Å². The van der Waals surface area contributed by atoms with Gasteiger partial charge in [0.25, 0.3) is 0 Å². The summed E-state index contributed by atoms with van der Waals surface area (Å²) in [5, 5.41) is 11.8. The van der Waals surface area contributed by atoms with Crippen LogP contribution in [0.25, 0.3) is 0 Å². The van der Waals surface area contributed by atoms with Crippen molar-refractivity contribution in [2.45, 2.75) is 46.6 Å². The molecule has 0 saturated carbocycles. The maximum Gasteiger partial charge on any atom is 0.330 e. The number of rotatable bonds is 5. The molecule has 3 N–H and O–H groups in total. The standard InChI is InChI=1S/C24H29FN8O3/c1-7-32-20-14(11-27-21(26-6)30-20)12-33(23(32)35)17-9-16(15(25)8-13(17)2)28-22(34)29-19-10-18(31-36-19)24(3,4)5/h8-11H,7,12H2,1-6H3,(H,26,27,30)(H2,28,29,34). The van der Waals surface area contributed by atoms with Crippen LogP contribution in [0.15, 0.2) is 28.9 Å². The maximum atomic E-state index is 14.8. The zero-order valence-corrected chi connectivity index (χ0v) is 21.1. The number of carbonyl (C=O) groups excluding carboxylic acids is 2. The first kappa shape index (κ1) is 24.9. The van der Waals surface area contributed by atoms with Crippen molar-refractivity contribution < 1.29 is 18.5 Å². The fourth-order valence-corrected chi connectivity index (χ4v) is 3.81. The lowest BCUT2D eigenvalue weighted by Gasteiger charge is -2.36. The van der Waals surface area contributed by atoms with E-state index in [9.17, 15) is 14.0 Å². The molecule has 11 nitrogen and oxygen atoms in total. The number of fused-ring (bicyclic) bond motifs is 1. The summed E-state index contributed by atoms with van der Waals surface area (Å²) in [5.41, 5.74) is 2.04. The molecule has 0 atom stereocenters. The third-order valence-electron chi connectivity index (χ3n) is 5.77. The molecule has 0 unspecified atom stereocenters. The van der Waals surface area contributed by atoms with Crippen molar-refractivity contribution in [1.29, 1.82) is 0 Å². The van der Waals surface area contributed by atoms with Gasteiger partial charge in [0.15, 0.2) is 0 Å². The molecule has 0 aliphatic carbocycles. The van der Waals surface area contributed by atoms with E-state index < -0.39 is 11.8 Å². The molecule has 1 aliphatic rings. The van der Waals surface area contributed by atoms with Crippen molar-refractivity contribution in [2.75, 3.05) is 39.3 Å². The second kappa shape index (κ2) is 9.44. The number of aryl methyl sites for hydroxylation is 1. The van der Waals surface area contributed by atoms with Gasteiger partial charge >= 0.3 is 12.1 Å². The zero-order chi connectivity index (χ0) is 26.2. The highest BCUT2D eigenvalue weighted by Crippen LogP contribution is 2.34. The topological polar surface area (TPSA) is 129 Å². The van der Waals surface area contributed by atoms with Crippen LogP contribution in [0.1, 0.15) is 44.5 Å². The van der Waals surface area contributed by atoms with Crippen LogP contribution in [0, 0.1) is 12.7 Å². The molecule has 190 valence electrons. The number of nitrogens with one attached hydrogen (secondary N) is 3. The molecule has 0 spiro atoms. The fraction of sp³-hybridized carbons (Fsp3) is 0.375. The first-order valence-corrected chi connectivity index (χ1v) is 11.5. The van der Waals surface area contributed by atoms with Crippen molar-refractivity contribution in [3.8, 4) is 0 Å². The molecule has 3 heterocycles. The summed E-state index contributed by atoms with van der Waals surface area (Å²) in [6.07, 6.45) is 1.66. The molecular weight excluding hydrogens is 467 g/mol. The van der Waals surface area contributed by atoms with Gasteiger partial charge in [-0.25, -0.2) is 19.0 Å². The molecule has 0 bridgehead atoms. The van der Waals surface area contributed by atoms with Crippen LogP contribution in [-0.4, -0.2) is 40.8 Å². The van der Waals surface area contributed by atoms with E-state index in [0.29, 0.717) is 35.3 Å². The van der Waals surface area contributed by atoms with Crippen LogP contribution in [0.3, 0.4) is 0 Å². The summed E-state index contributed by atoms with van der Waals surface area (Å²) in [4.78, 5) is 37.7. The monoisotopic (exact) mass is 496 g/mol. The van der Waals surface area contributed by atoms with Gasteiger partial charge in [-0.15, -0.1) is 0 Å². The highest BCUT2D eigenvalue weighted by atomic mass is 19.1. The van der Waals surface area contributed by atoms with E-state index in [0.717, 1.165) is 5.56 Å². The van der Waals surface area contributed by atoms with Crippen LogP contribution in [-0.2, 0) is 12.0 Å². The summed E-state index contributed by atoms with van der Waals surface area (Å²) in [5.74, 6) is 0.425. The lowest BCUT2D eigenvalue weighted by molar-refractivity contribution is 0.250. The Morgan fingerprint density at radius 2 is 1.97 bits per heavy atom. The molecule has 4 amide bonds. The van der Waals surface area contributed by atoms with E-state index in [1.807, 2.05) is 27.7 Å². The SMILES string of the molecule is CCN1C(=O)N(c2cc(NC(=O)Nc3cc(C(C)(C)C)no3)c(F)cc2C)Cc2cnc(NC)nc21. The number of amides is 4. The van der Waals surface area contributed by atoms with Gasteiger partial charge in [0.05, 0.1) is 23.6 Å². The Morgan fingerprint density at radius 3 is 2.61 bits per heavy atom. The van der Waals surface area contributed by atoms with E-state index >= 15 is 0 Å². The summed E-state index contributed by atoms with van der Waals surface area (Å²) in [7, 11) is 1.70. The Kier molecular flexibility index (Phi) is 6.53. The number of carbonyl (C=O) groups is 2. The molecule has 12 heteroatoms. The smallest absolute Gasteiger partial charge is 0.330 e. The Labute approximate surface area is 208 Å². The Bertz CT molecular complexity index is 1320. The Morgan fingerprint density at radius 1 is 1.22 bits per heavy atom. The Balaban J connectivity index is 1.59. The van der Waals surface area contributed by atoms with Gasteiger partial charge in [-0.2, -0.15) is 4.98 Å². The normalized spacial score (nSPS) is 13.5. The lowest BCUT2D eigenvalue weighted by Crippen LogP contribution is -2.48. The van der Waals surface area contributed by atoms with Crippen LogP contribution in [0.4, 0.5) is 43.0 Å². The highest BCUT2D eigenvalue weighted by Gasteiger charge is 2.33. The first-order valence-electron chi connectivity index (χ1n) is 11.5. The number of hydrogen-bond donors (Lipinski definition) is 3. The van der Waals surface area contributed by atoms with Crippen LogP contribution in [0.2, 0.25) is 0 Å². The summed E-state index contributed by atoms with van der Waals surface area (Å²) in [6.45, 7) is 10.0. The minimum absolute atomic E-state index is 0.0907. The number of hydrogen-bond acceptors (Lipinski definition) is 7. The van der Waals surface area contributed by atoms with Crippen molar-refractivity contribution in [3.05, 3.63) is 47.0 Å². The number of benzene rings is 1. The van der Waals surface area contributed by atoms with Crippen molar-refractivity contribution in [1.82, 2.24) is 15.1 Å². The number of halogens is 1. The summed E-state index contributed by atoms with van der Waals surface area (Å²) >= 11 is 0. The third kappa shape index (κ3) is 4.79. The maximum absolute atomic E-state index is 14.8. The predicted molar refractivity (Wildman–Crippen MR) is 135 cm³/mol. The fourth-order valence-electron chi connectivity index (χ4n) is 3.81. The molecule has 4 rings (SSSR count). The molecule has 1 aromatic carbocycles. The molecular formula is C24H29FN8O3. The minimum atomic E-state index is -0.709. The van der Waals surface area contributed by atoms with Gasteiger partial charge in [-0.3, -0.25) is 15.1 Å². The average molecular weight is 497 g/mol. The van der Waals surface area contributed by atoms with E-state index in [1.165, 1.54) is 21.9 Å². The van der Waals surface area contributed by atoms with E-state index in [4.69, 9.17) is 4.52 Å². The van der Waals surface area contributed by atoms with E-state index in [1.54, 1.807) is 26.2 Å². The number of anilines is 5. The third-order valence-corrected chi connectivity index (χ3v) is 5.77. The molecule has 3 aromatic rings. The second-order valence-electron chi connectivity index (χ2n) is 9.43. The van der Waals surface area contributed by atoms with Gasteiger partial charge in [0.1, 0.15) is 11.6 Å². The Hall–Kier alpha value is -4.22. The molecule has 0 fully saturated rings. The average Bonchev–Trinajstić information content (AvgIpc) is 3.29. The van der Waals surface area contributed by atoms with Gasteiger partial charge in [-0.05, 0) is 31.5 Å². The highest BCUT2D eigenvalue weighted by molar-refractivity contribution is 6.06. The molecule has 36 heavy (non-hydrogen) atoms. The molecule has 2 aromatic heterocycles. The molecule has 0 saturated heterocycles. The van der Waals surface area contributed by atoms with Crippen LogP contribution < -0.4 is 25.8 Å². The second-order valence-corrected chi connectivity index (χ2v) is 9.43. The van der Waals surface area contributed by atoms with Crippen LogP contribution in [0.5, 0.6) is 0 Å². The van der Waals surface area contributed by atoms with Gasteiger partial charge in [0.2, 0.25) is 11.8 Å². The largest absolute Gasteiger partial charge is 0.357 e. The quantitative estimate of drug-likeness (QED) is 0.460. The number of nitrogens with zero attached hydrogens (tertiary/aromatic N) is 5. The van der Waals surface area contributed by atoms with Gasteiger partial charge in [-0.1, -0.05) is 25.9 Å². The summed E-state index contributed by atoms with van der Waals surface area (Å²) < 4.78 is 20.0. The minimum Gasteiger partial charge on any atom is -0.357 e. The number of urea groups is 2. The van der Waals surface area contributed by atoms with Gasteiger partial charge in [0, 0.05) is 36.8 Å². The predicted octanol–water partition coefficient (Wildman–Crippen LogP) is 4.86. The number of aromatic nitrogens is 3. The summed E-state index contributed by atoms with van der Waals surface area (Å²) in [6, 6.07) is 3.30. The van der Waals surface area contributed by atoms with E-state index in [2.05, 4.69) is 31.1 Å².